The number of carbonyl (C=O) groups excluding carboxylic acids is 2. The van der Waals surface area contributed by atoms with Crippen molar-refractivity contribution in [3.05, 3.63) is 29.7 Å². The van der Waals surface area contributed by atoms with E-state index in [4.69, 9.17) is 0 Å². The number of fused-ring (bicyclic) bond motifs is 1. The Morgan fingerprint density at radius 2 is 2.08 bits per heavy atom. The number of hydrogen-bond acceptors (Lipinski definition) is 4. The molecule has 1 unspecified atom stereocenters. The summed E-state index contributed by atoms with van der Waals surface area (Å²) in [6.07, 6.45) is 4.13. The van der Waals surface area contributed by atoms with Crippen molar-refractivity contribution >= 4 is 17.6 Å². The van der Waals surface area contributed by atoms with Crippen molar-refractivity contribution in [1.82, 2.24) is 25.2 Å². The van der Waals surface area contributed by atoms with Crippen molar-refractivity contribution in [2.24, 2.45) is 11.8 Å². The number of rotatable bonds is 3. The Morgan fingerprint density at radius 1 is 1.27 bits per heavy atom. The average Bonchev–Trinajstić information content (AvgIpc) is 3.20. The molecule has 0 bridgehead atoms. The zero-order valence-corrected chi connectivity index (χ0v) is 13.8. The lowest BCUT2D eigenvalue weighted by molar-refractivity contribution is -0.122. The van der Waals surface area contributed by atoms with E-state index in [0.29, 0.717) is 11.3 Å². The molecule has 2 aromatic rings. The highest BCUT2D eigenvalue weighted by molar-refractivity contribution is 6.00. The van der Waals surface area contributed by atoms with Crippen molar-refractivity contribution in [2.75, 3.05) is 6.54 Å². The minimum atomic E-state index is -2.51. The molecular formula is C17H17F2N5O2. The Balaban J connectivity index is 1.45. The Labute approximate surface area is 147 Å². The molecule has 1 aliphatic heterocycles. The molecule has 3 heterocycles. The van der Waals surface area contributed by atoms with Crippen LogP contribution in [-0.4, -0.2) is 39.0 Å². The van der Waals surface area contributed by atoms with Gasteiger partial charge in [0, 0.05) is 37.3 Å². The number of hydrogen-bond donors (Lipinski definition) is 2. The lowest BCUT2D eigenvalue weighted by Crippen LogP contribution is -2.51. The summed E-state index contributed by atoms with van der Waals surface area (Å²) >= 11 is 0. The molecule has 1 saturated heterocycles. The molecule has 3 fully saturated rings. The number of nitrogens with one attached hydrogen (secondary N) is 2. The summed E-state index contributed by atoms with van der Waals surface area (Å²) in [6.45, 7) is 0.181. The van der Waals surface area contributed by atoms with Crippen LogP contribution in [0.4, 0.5) is 13.6 Å². The van der Waals surface area contributed by atoms with Crippen molar-refractivity contribution in [2.45, 2.75) is 37.0 Å². The monoisotopic (exact) mass is 361 g/mol. The predicted octanol–water partition coefficient (Wildman–Crippen LogP) is 1.80. The van der Waals surface area contributed by atoms with Crippen LogP contribution in [0.5, 0.6) is 0 Å². The molecule has 0 spiro atoms. The molecule has 3 atom stereocenters. The van der Waals surface area contributed by atoms with Crippen LogP contribution in [0.25, 0.3) is 5.65 Å². The molecule has 136 valence electrons. The zero-order chi connectivity index (χ0) is 18.1. The number of urea groups is 1. The maximum absolute atomic E-state index is 13.2. The van der Waals surface area contributed by atoms with Crippen LogP contribution in [-0.2, 0) is 4.79 Å². The maximum atomic E-state index is 13.2. The lowest BCUT2D eigenvalue weighted by atomic mass is 9.77. The van der Waals surface area contributed by atoms with E-state index in [1.165, 1.54) is 0 Å². The average molecular weight is 361 g/mol. The van der Waals surface area contributed by atoms with Crippen molar-refractivity contribution in [1.29, 1.82) is 0 Å². The summed E-state index contributed by atoms with van der Waals surface area (Å²) in [4.78, 5) is 27.8. The highest BCUT2D eigenvalue weighted by atomic mass is 19.3. The van der Waals surface area contributed by atoms with E-state index in [0.717, 1.165) is 12.0 Å². The quantitative estimate of drug-likeness (QED) is 0.873. The van der Waals surface area contributed by atoms with Gasteiger partial charge in [0.1, 0.15) is 0 Å². The summed E-state index contributed by atoms with van der Waals surface area (Å²) in [5, 5.41) is 9.31. The molecule has 9 heteroatoms. The summed E-state index contributed by atoms with van der Waals surface area (Å²) < 4.78 is 28.0. The summed E-state index contributed by atoms with van der Waals surface area (Å²) in [6, 6.07) is 1.34. The van der Waals surface area contributed by atoms with Crippen molar-refractivity contribution in [3.63, 3.8) is 0 Å². The van der Waals surface area contributed by atoms with Gasteiger partial charge in [-0.15, -0.1) is 0 Å². The molecule has 5 rings (SSSR count). The molecule has 0 aromatic carbocycles. The SMILES string of the molecule is O=C1NCC(c2cc([C@H]3C[C@@H]3C3CC(F)(F)C3)c3nccn3n2)C(=O)N1. The van der Waals surface area contributed by atoms with Gasteiger partial charge in [-0.2, -0.15) is 5.10 Å². The normalized spacial score (nSPS) is 30.6. The fourth-order valence-corrected chi connectivity index (χ4v) is 4.28. The number of halogens is 2. The Kier molecular flexibility index (Phi) is 3.14. The topological polar surface area (TPSA) is 88.4 Å². The molecule has 3 amide bonds. The number of alkyl halides is 2. The van der Waals surface area contributed by atoms with Gasteiger partial charge in [-0.05, 0) is 30.2 Å². The van der Waals surface area contributed by atoms with Crippen molar-refractivity contribution in [3.8, 4) is 0 Å². The smallest absolute Gasteiger partial charge is 0.321 e. The minimum absolute atomic E-state index is 0.0338. The first-order valence-electron chi connectivity index (χ1n) is 8.72. The summed E-state index contributed by atoms with van der Waals surface area (Å²) in [5.41, 5.74) is 2.20. The molecule has 0 radical (unpaired) electrons. The van der Waals surface area contributed by atoms with E-state index in [1.54, 1.807) is 16.9 Å². The van der Waals surface area contributed by atoms with E-state index < -0.39 is 23.8 Å². The van der Waals surface area contributed by atoms with E-state index in [1.807, 2.05) is 6.07 Å². The fourth-order valence-electron chi connectivity index (χ4n) is 4.28. The van der Waals surface area contributed by atoms with Crippen molar-refractivity contribution < 1.29 is 18.4 Å². The van der Waals surface area contributed by atoms with E-state index in [2.05, 4.69) is 20.7 Å². The standard InChI is InChI=1S/C17H17F2N5O2/c18-17(19)5-8(6-17)9-3-10(9)11-4-13(23-24-2-1-20-14(11)24)12-7-21-16(26)22-15(12)25/h1-2,4,8-10,12H,3,5-7H2,(H2,21,22,25,26)/t9-,10+,12?/m1/s1. The van der Waals surface area contributed by atoms with Crippen LogP contribution in [0.3, 0.4) is 0 Å². The van der Waals surface area contributed by atoms with Gasteiger partial charge < -0.3 is 5.32 Å². The molecule has 7 nitrogen and oxygen atoms in total. The summed E-state index contributed by atoms with van der Waals surface area (Å²) in [5.74, 6) is -3.02. The van der Waals surface area contributed by atoms with Crippen LogP contribution in [0, 0.1) is 11.8 Å². The number of nitrogens with zero attached hydrogens (tertiary/aromatic N) is 3. The Hall–Kier alpha value is -2.58. The third kappa shape index (κ3) is 2.45. The summed E-state index contributed by atoms with van der Waals surface area (Å²) in [7, 11) is 0. The second-order valence-corrected chi connectivity index (χ2v) is 7.50. The highest BCUT2D eigenvalue weighted by Gasteiger charge is 2.56. The fraction of sp³-hybridized carbons (Fsp3) is 0.529. The van der Waals surface area contributed by atoms with Crippen LogP contribution in [0.15, 0.2) is 18.5 Å². The number of imide groups is 1. The van der Waals surface area contributed by atoms with Gasteiger partial charge in [0.2, 0.25) is 11.8 Å². The number of carbonyl (C=O) groups is 2. The van der Waals surface area contributed by atoms with E-state index in [-0.39, 0.29) is 37.1 Å². The number of amides is 3. The van der Waals surface area contributed by atoms with Gasteiger partial charge in [0.05, 0.1) is 11.6 Å². The van der Waals surface area contributed by atoms with Crippen LogP contribution in [0.1, 0.15) is 42.4 Å². The molecule has 26 heavy (non-hydrogen) atoms. The van der Waals surface area contributed by atoms with E-state index in [9.17, 15) is 18.4 Å². The van der Waals surface area contributed by atoms with Crippen LogP contribution < -0.4 is 10.6 Å². The molecule has 2 aromatic heterocycles. The van der Waals surface area contributed by atoms with Gasteiger partial charge in [-0.3, -0.25) is 10.1 Å². The largest absolute Gasteiger partial charge is 0.337 e. The van der Waals surface area contributed by atoms with Gasteiger partial charge in [-0.1, -0.05) is 0 Å². The van der Waals surface area contributed by atoms with Gasteiger partial charge in [-0.25, -0.2) is 23.1 Å². The first kappa shape index (κ1) is 15.7. The maximum Gasteiger partial charge on any atom is 0.321 e. The van der Waals surface area contributed by atoms with Crippen LogP contribution >= 0.6 is 0 Å². The molecule has 2 aliphatic carbocycles. The minimum Gasteiger partial charge on any atom is -0.337 e. The zero-order valence-electron chi connectivity index (χ0n) is 13.8. The first-order chi connectivity index (χ1) is 12.4. The molecular weight excluding hydrogens is 344 g/mol. The molecule has 2 saturated carbocycles. The Morgan fingerprint density at radius 3 is 2.81 bits per heavy atom. The van der Waals surface area contributed by atoms with E-state index >= 15 is 0 Å². The van der Waals surface area contributed by atoms with Gasteiger partial charge in [0.25, 0.3) is 0 Å². The second-order valence-electron chi connectivity index (χ2n) is 7.50. The molecule has 3 aliphatic rings. The third-order valence-electron chi connectivity index (χ3n) is 5.75. The highest BCUT2D eigenvalue weighted by Crippen LogP contribution is 2.61. The van der Waals surface area contributed by atoms with Crippen LogP contribution in [0.2, 0.25) is 0 Å². The molecule has 2 N–H and O–H groups in total. The number of imidazole rings is 1. The second kappa shape index (κ2) is 5.21. The Bertz CT molecular complexity index is 919. The van der Waals surface area contributed by atoms with Gasteiger partial charge >= 0.3 is 6.03 Å². The van der Waals surface area contributed by atoms with Gasteiger partial charge in [0.15, 0.2) is 5.65 Å². The number of aromatic nitrogens is 3. The first-order valence-corrected chi connectivity index (χ1v) is 8.72. The predicted molar refractivity (Wildman–Crippen MR) is 85.8 cm³/mol. The third-order valence-corrected chi connectivity index (χ3v) is 5.75. The lowest BCUT2D eigenvalue weighted by Gasteiger charge is -2.35.